The fourth-order valence-corrected chi connectivity index (χ4v) is 1.56. The van der Waals surface area contributed by atoms with Gasteiger partial charge < -0.3 is 10.2 Å². The lowest BCUT2D eigenvalue weighted by Crippen LogP contribution is -2.34. The van der Waals surface area contributed by atoms with Crippen molar-refractivity contribution < 1.29 is 4.79 Å². The summed E-state index contributed by atoms with van der Waals surface area (Å²) < 4.78 is 1.61. The first kappa shape index (κ1) is 11.3. The van der Waals surface area contributed by atoms with E-state index in [4.69, 9.17) is 0 Å². The first-order valence-electron chi connectivity index (χ1n) is 5.21. The molecule has 17 heavy (non-hydrogen) atoms. The Morgan fingerprint density at radius 1 is 1.59 bits per heavy atom. The highest BCUT2D eigenvalue weighted by Crippen LogP contribution is 2.13. The van der Waals surface area contributed by atoms with E-state index in [2.05, 4.69) is 20.4 Å². The number of amides is 1. The predicted molar refractivity (Wildman–Crippen MR) is 62.9 cm³/mol. The van der Waals surface area contributed by atoms with Gasteiger partial charge in [0.2, 0.25) is 5.91 Å². The van der Waals surface area contributed by atoms with Crippen LogP contribution < -0.4 is 10.2 Å². The first-order chi connectivity index (χ1) is 8.11. The summed E-state index contributed by atoms with van der Waals surface area (Å²) in [6.45, 7) is 2.14. The van der Waals surface area contributed by atoms with Crippen LogP contribution >= 0.6 is 0 Å². The van der Waals surface area contributed by atoms with Gasteiger partial charge in [-0.3, -0.25) is 4.79 Å². The number of hydrogen-bond acceptors (Lipinski definition) is 5. The maximum atomic E-state index is 11.3. The Kier molecular flexibility index (Phi) is 2.90. The fraction of sp³-hybridized carbons (Fsp3) is 0.400. The minimum absolute atomic E-state index is 0.0600. The minimum Gasteiger partial charge on any atom is -0.358 e. The van der Waals surface area contributed by atoms with Crippen molar-refractivity contribution in [2.75, 3.05) is 25.5 Å². The van der Waals surface area contributed by atoms with Gasteiger partial charge in [0.1, 0.15) is 12.1 Å². The van der Waals surface area contributed by atoms with Crippen LogP contribution in [0, 0.1) is 6.92 Å². The standard InChI is InChI=1S/C10H14N6O/c1-7-4-9(15(3)5-8(17)11-2)16-10(14-7)12-6-13-16/h4,6H,5H2,1-3H3,(H,11,17). The highest BCUT2D eigenvalue weighted by atomic mass is 16.1. The largest absolute Gasteiger partial charge is 0.358 e. The van der Waals surface area contributed by atoms with E-state index in [0.717, 1.165) is 11.5 Å². The number of likely N-dealkylation sites (N-methyl/N-ethyl adjacent to an activating group) is 2. The molecule has 7 heteroatoms. The summed E-state index contributed by atoms with van der Waals surface area (Å²) in [5, 5.41) is 6.66. The Balaban J connectivity index is 2.39. The van der Waals surface area contributed by atoms with Crippen molar-refractivity contribution in [1.29, 1.82) is 0 Å². The Hall–Kier alpha value is -2.18. The van der Waals surface area contributed by atoms with Crippen LogP contribution in [0.4, 0.5) is 5.82 Å². The number of aryl methyl sites for hydroxylation is 1. The smallest absolute Gasteiger partial charge is 0.254 e. The Morgan fingerprint density at radius 3 is 3.06 bits per heavy atom. The number of aromatic nitrogens is 4. The molecule has 0 saturated heterocycles. The number of nitrogens with zero attached hydrogens (tertiary/aromatic N) is 5. The van der Waals surface area contributed by atoms with Crippen molar-refractivity contribution in [2.24, 2.45) is 0 Å². The average molecular weight is 234 g/mol. The second kappa shape index (κ2) is 4.36. The summed E-state index contributed by atoms with van der Waals surface area (Å²) in [4.78, 5) is 21.4. The lowest BCUT2D eigenvalue weighted by molar-refractivity contribution is -0.119. The van der Waals surface area contributed by atoms with E-state index in [9.17, 15) is 4.79 Å². The Labute approximate surface area is 98.5 Å². The highest BCUT2D eigenvalue weighted by Gasteiger charge is 2.12. The predicted octanol–water partition coefficient (Wildman–Crippen LogP) is -0.385. The topological polar surface area (TPSA) is 75.4 Å². The van der Waals surface area contributed by atoms with Crippen LogP contribution in [0.3, 0.4) is 0 Å². The number of carbonyl (C=O) groups excluding carboxylic acids is 1. The third-order valence-corrected chi connectivity index (χ3v) is 2.41. The fourth-order valence-electron chi connectivity index (χ4n) is 1.56. The molecule has 0 aliphatic heterocycles. The zero-order valence-corrected chi connectivity index (χ0v) is 10.0. The van der Waals surface area contributed by atoms with Gasteiger partial charge in [0, 0.05) is 25.9 Å². The van der Waals surface area contributed by atoms with Crippen LogP contribution in [0.1, 0.15) is 5.69 Å². The van der Waals surface area contributed by atoms with Crippen LogP contribution in [0.25, 0.3) is 5.78 Å². The van der Waals surface area contributed by atoms with Crippen molar-refractivity contribution in [2.45, 2.75) is 6.92 Å². The molecule has 0 radical (unpaired) electrons. The summed E-state index contributed by atoms with van der Waals surface area (Å²) in [6, 6.07) is 1.87. The molecule has 0 aromatic carbocycles. The van der Waals surface area contributed by atoms with E-state index in [-0.39, 0.29) is 12.5 Å². The molecule has 2 heterocycles. The zero-order chi connectivity index (χ0) is 12.4. The molecule has 0 atom stereocenters. The van der Waals surface area contributed by atoms with E-state index in [1.807, 2.05) is 20.0 Å². The number of rotatable bonds is 3. The van der Waals surface area contributed by atoms with E-state index in [0.29, 0.717) is 5.78 Å². The van der Waals surface area contributed by atoms with Crippen molar-refractivity contribution >= 4 is 17.5 Å². The molecule has 1 N–H and O–H groups in total. The minimum atomic E-state index is -0.0600. The number of anilines is 1. The second-order valence-electron chi connectivity index (χ2n) is 3.76. The number of nitrogens with one attached hydrogen (secondary N) is 1. The van der Waals surface area contributed by atoms with Gasteiger partial charge in [-0.2, -0.15) is 14.6 Å². The average Bonchev–Trinajstić information content (AvgIpc) is 2.75. The van der Waals surface area contributed by atoms with E-state index < -0.39 is 0 Å². The van der Waals surface area contributed by atoms with E-state index in [1.165, 1.54) is 6.33 Å². The Morgan fingerprint density at radius 2 is 2.35 bits per heavy atom. The molecule has 0 aliphatic carbocycles. The molecule has 0 bridgehead atoms. The van der Waals surface area contributed by atoms with Crippen molar-refractivity contribution in [3.8, 4) is 0 Å². The van der Waals surface area contributed by atoms with Gasteiger partial charge in [-0.05, 0) is 6.92 Å². The summed E-state index contributed by atoms with van der Waals surface area (Å²) in [5.74, 6) is 1.26. The van der Waals surface area contributed by atoms with E-state index in [1.54, 1.807) is 16.5 Å². The van der Waals surface area contributed by atoms with Gasteiger partial charge in [-0.25, -0.2) is 4.98 Å². The van der Waals surface area contributed by atoms with Gasteiger partial charge >= 0.3 is 0 Å². The first-order valence-corrected chi connectivity index (χ1v) is 5.21. The van der Waals surface area contributed by atoms with Crippen LogP contribution in [0.2, 0.25) is 0 Å². The highest BCUT2D eigenvalue weighted by molar-refractivity contribution is 5.80. The maximum absolute atomic E-state index is 11.3. The monoisotopic (exact) mass is 234 g/mol. The van der Waals surface area contributed by atoms with Gasteiger partial charge in [0.15, 0.2) is 0 Å². The number of fused-ring (bicyclic) bond motifs is 1. The van der Waals surface area contributed by atoms with Gasteiger partial charge in [0.25, 0.3) is 5.78 Å². The summed E-state index contributed by atoms with van der Waals surface area (Å²) >= 11 is 0. The summed E-state index contributed by atoms with van der Waals surface area (Å²) in [7, 11) is 3.43. The van der Waals surface area contributed by atoms with E-state index >= 15 is 0 Å². The summed E-state index contributed by atoms with van der Waals surface area (Å²) in [5.41, 5.74) is 0.837. The molecular weight excluding hydrogens is 220 g/mol. The third-order valence-electron chi connectivity index (χ3n) is 2.41. The molecule has 7 nitrogen and oxygen atoms in total. The molecule has 2 rings (SSSR count). The quantitative estimate of drug-likeness (QED) is 0.783. The number of hydrogen-bond donors (Lipinski definition) is 1. The molecule has 2 aromatic heterocycles. The number of carbonyl (C=O) groups is 1. The second-order valence-corrected chi connectivity index (χ2v) is 3.76. The molecule has 0 unspecified atom stereocenters. The van der Waals surface area contributed by atoms with Crippen molar-refractivity contribution in [3.63, 3.8) is 0 Å². The van der Waals surface area contributed by atoms with Gasteiger partial charge in [0.05, 0.1) is 6.54 Å². The van der Waals surface area contributed by atoms with Crippen LogP contribution in [0.5, 0.6) is 0 Å². The van der Waals surface area contributed by atoms with Crippen molar-refractivity contribution in [1.82, 2.24) is 24.9 Å². The normalized spacial score (nSPS) is 10.5. The van der Waals surface area contributed by atoms with Crippen LogP contribution in [-0.2, 0) is 4.79 Å². The maximum Gasteiger partial charge on any atom is 0.254 e. The molecule has 2 aromatic rings. The molecule has 0 aliphatic rings. The third kappa shape index (κ3) is 2.17. The van der Waals surface area contributed by atoms with Crippen LogP contribution in [0.15, 0.2) is 12.4 Å². The lowest BCUT2D eigenvalue weighted by Gasteiger charge is -2.18. The molecular formula is C10H14N6O. The molecule has 0 saturated carbocycles. The van der Waals surface area contributed by atoms with Crippen LogP contribution in [-0.4, -0.2) is 46.1 Å². The SMILES string of the molecule is CNC(=O)CN(C)c1cc(C)nc2ncnn12. The molecule has 0 spiro atoms. The lowest BCUT2D eigenvalue weighted by atomic mass is 10.4. The molecule has 1 amide bonds. The van der Waals surface area contributed by atoms with Gasteiger partial charge in [-0.1, -0.05) is 0 Å². The Bertz CT molecular complexity index is 549. The molecule has 0 fully saturated rings. The van der Waals surface area contributed by atoms with Gasteiger partial charge in [-0.15, -0.1) is 0 Å². The van der Waals surface area contributed by atoms with Crippen molar-refractivity contribution in [3.05, 3.63) is 18.1 Å². The molecule has 90 valence electrons. The zero-order valence-electron chi connectivity index (χ0n) is 10.0. The summed E-state index contributed by atoms with van der Waals surface area (Å²) in [6.07, 6.45) is 1.44.